The predicted molar refractivity (Wildman–Crippen MR) is 99.6 cm³/mol. The Hall–Kier alpha value is -1.79. The van der Waals surface area contributed by atoms with Gasteiger partial charge < -0.3 is 14.2 Å². The molecule has 0 N–H and O–H groups in total. The van der Waals surface area contributed by atoms with E-state index in [1.807, 2.05) is 18.2 Å². The summed E-state index contributed by atoms with van der Waals surface area (Å²) in [7, 11) is 2.96. The number of likely N-dealkylation sites (tertiary alicyclic amines) is 2. The second-order valence-electron chi connectivity index (χ2n) is 7.28. The standard InChI is InChI=1S/C20H30N2O4/c1-15-6-4-5-9-22(15)17-12-21(13-17)11-16-7-8-18(19(10-16)24-2)26-14-20(23)25-3/h7-8,10,15,17H,4-6,9,11-14H2,1-3H3/t15-/m0/s1. The third-order valence-electron chi connectivity index (χ3n) is 5.47. The van der Waals surface area contributed by atoms with Gasteiger partial charge in [0.2, 0.25) is 0 Å². The molecule has 0 aliphatic carbocycles. The second-order valence-corrected chi connectivity index (χ2v) is 7.28. The van der Waals surface area contributed by atoms with E-state index in [0.29, 0.717) is 17.5 Å². The fraction of sp³-hybridized carbons (Fsp3) is 0.650. The van der Waals surface area contributed by atoms with Gasteiger partial charge in [-0.15, -0.1) is 0 Å². The Morgan fingerprint density at radius 1 is 1.19 bits per heavy atom. The smallest absolute Gasteiger partial charge is 0.343 e. The van der Waals surface area contributed by atoms with Crippen LogP contribution in [-0.4, -0.2) is 68.3 Å². The molecule has 0 saturated carbocycles. The van der Waals surface area contributed by atoms with Crippen molar-refractivity contribution in [2.45, 2.75) is 44.8 Å². The molecule has 2 aliphatic rings. The van der Waals surface area contributed by atoms with E-state index in [-0.39, 0.29) is 6.61 Å². The first-order valence-corrected chi connectivity index (χ1v) is 9.45. The summed E-state index contributed by atoms with van der Waals surface area (Å²) in [5, 5.41) is 0. The van der Waals surface area contributed by atoms with E-state index in [4.69, 9.17) is 9.47 Å². The van der Waals surface area contributed by atoms with Crippen LogP contribution in [0.5, 0.6) is 11.5 Å². The summed E-state index contributed by atoms with van der Waals surface area (Å²) < 4.78 is 15.5. The molecule has 6 heteroatoms. The zero-order valence-electron chi connectivity index (χ0n) is 16.1. The highest BCUT2D eigenvalue weighted by molar-refractivity contribution is 5.71. The number of carbonyl (C=O) groups excluding carboxylic acids is 1. The van der Waals surface area contributed by atoms with Crippen LogP contribution in [0.2, 0.25) is 0 Å². The van der Waals surface area contributed by atoms with Crippen molar-refractivity contribution in [1.82, 2.24) is 9.80 Å². The van der Waals surface area contributed by atoms with Crippen molar-refractivity contribution in [2.24, 2.45) is 0 Å². The summed E-state index contributed by atoms with van der Waals surface area (Å²) in [5.41, 5.74) is 1.19. The van der Waals surface area contributed by atoms with Gasteiger partial charge in [-0.2, -0.15) is 0 Å². The van der Waals surface area contributed by atoms with Gasteiger partial charge in [-0.3, -0.25) is 9.80 Å². The summed E-state index contributed by atoms with van der Waals surface area (Å²) in [6.07, 6.45) is 4.05. The third-order valence-corrected chi connectivity index (χ3v) is 5.47. The predicted octanol–water partition coefficient (Wildman–Crippen LogP) is 2.31. The fourth-order valence-corrected chi connectivity index (χ4v) is 3.93. The number of carbonyl (C=O) groups is 1. The number of benzene rings is 1. The van der Waals surface area contributed by atoms with Gasteiger partial charge in [0.05, 0.1) is 14.2 Å². The topological polar surface area (TPSA) is 51.2 Å². The summed E-state index contributed by atoms with van der Waals surface area (Å²) in [4.78, 5) is 16.4. The third kappa shape index (κ3) is 4.48. The highest BCUT2D eigenvalue weighted by Crippen LogP contribution is 2.30. The fourth-order valence-electron chi connectivity index (χ4n) is 3.93. The molecular weight excluding hydrogens is 332 g/mol. The number of methoxy groups -OCH3 is 2. The molecule has 6 nitrogen and oxygen atoms in total. The molecule has 144 valence electrons. The van der Waals surface area contributed by atoms with Crippen molar-refractivity contribution in [3.05, 3.63) is 23.8 Å². The molecule has 1 atom stereocenters. The average Bonchev–Trinajstić information content (AvgIpc) is 2.63. The van der Waals surface area contributed by atoms with Gasteiger partial charge in [0.15, 0.2) is 18.1 Å². The highest BCUT2D eigenvalue weighted by atomic mass is 16.6. The lowest BCUT2D eigenvalue weighted by atomic mass is 9.97. The summed E-state index contributed by atoms with van der Waals surface area (Å²) in [6.45, 7) is 6.67. The minimum atomic E-state index is -0.408. The first-order chi connectivity index (χ1) is 12.6. The van der Waals surface area contributed by atoms with E-state index in [0.717, 1.165) is 25.7 Å². The van der Waals surface area contributed by atoms with Gasteiger partial charge in [-0.1, -0.05) is 12.5 Å². The minimum Gasteiger partial charge on any atom is -0.493 e. The Balaban J connectivity index is 1.52. The van der Waals surface area contributed by atoms with Crippen molar-refractivity contribution in [3.8, 4) is 11.5 Å². The Kier molecular flexibility index (Phi) is 6.38. The number of piperidine rings is 1. The normalized spacial score (nSPS) is 21.9. The molecule has 0 aromatic heterocycles. The van der Waals surface area contributed by atoms with Crippen LogP contribution >= 0.6 is 0 Å². The van der Waals surface area contributed by atoms with Gasteiger partial charge in [0.25, 0.3) is 0 Å². The Labute approximate surface area is 156 Å². The van der Waals surface area contributed by atoms with Crippen LogP contribution in [0, 0.1) is 0 Å². The van der Waals surface area contributed by atoms with E-state index in [2.05, 4.69) is 21.5 Å². The number of rotatable bonds is 7. The Morgan fingerprint density at radius 2 is 2.00 bits per heavy atom. The lowest BCUT2D eigenvalue weighted by Crippen LogP contribution is -2.61. The first-order valence-electron chi connectivity index (χ1n) is 9.45. The minimum absolute atomic E-state index is 0.117. The number of ether oxygens (including phenoxy) is 3. The molecule has 2 aliphatic heterocycles. The number of hydrogen-bond acceptors (Lipinski definition) is 6. The molecular formula is C20H30N2O4. The Morgan fingerprint density at radius 3 is 2.69 bits per heavy atom. The highest BCUT2D eigenvalue weighted by Gasteiger charge is 2.34. The van der Waals surface area contributed by atoms with Gasteiger partial charge >= 0.3 is 5.97 Å². The van der Waals surface area contributed by atoms with Crippen molar-refractivity contribution >= 4 is 5.97 Å². The number of esters is 1. The van der Waals surface area contributed by atoms with E-state index in [9.17, 15) is 4.79 Å². The quantitative estimate of drug-likeness (QED) is 0.694. The zero-order chi connectivity index (χ0) is 18.5. The monoisotopic (exact) mass is 362 g/mol. The number of hydrogen-bond donors (Lipinski definition) is 0. The van der Waals surface area contributed by atoms with Crippen LogP contribution in [0.1, 0.15) is 31.7 Å². The second kappa shape index (κ2) is 8.73. The molecule has 0 spiro atoms. The van der Waals surface area contributed by atoms with Gasteiger partial charge in [0.1, 0.15) is 0 Å². The van der Waals surface area contributed by atoms with Crippen molar-refractivity contribution in [2.75, 3.05) is 40.5 Å². The molecule has 2 fully saturated rings. The van der Waals surface area contributed by atoms with Crippen molar-refractivity contribution in [1.29, 1.82) is 0 Å². The van der Waals surface area contributed by atoms with Crippen LogP contribution < -0.4 is 9.47 Å². The van der Waals surface area contributed by atoms with Gasteiger partial charge in [-0.05, 0) is 44.0 Å². The van der Waals surface area contributed by atoms with Crippen LogP contribution in [0.15, 0.2) is 18.2 Å². The molecule has 1 aromatic carbocycles. The van der Waals surface area contributed by atoms with Crippen LogP contribution in [0.3, 0.4) is 0 Å². The van der Waals surface area contributed by atoms with E-state index in [1.54, 1.807) is 7.11 Å². The molecule has 2 heterocycles. The van der Waals surface area contributed by atoms with Gasteiger partial charge in [0, 0.05) is 31.7 Å². The maximum absolute atomic E-state index is 11.2. The van der Waals surface area contributed by atoms with Crippen molar-refractivity contribution < 1.29 is 19.0 Å². The molecule has 2 saturated heterocycles. The molecule has 0 unspecified atom stereocenters. The molecule has 1 aromatic rings. The molecule has 26 heavy (non-hydrogen) atoms. The van der Waals surface area contributed by atoms with E-state index >= 15 is 0 Å². The van der Waals surface area contributed by atoms with Crippen LogP contribution in [-0.2, 0) is 16.1 Å². The molecule has 3 rings (SSSR count). The van der Waals surface area contributed by atoms with Crippen molar-refractivity contribution in [3.63, 3.8) is 0 Å². The maximum atomic E-state index is 11.2. The summed E-state index contributed by atoms with van der Waals surface area (Å²) >= 11 is 0. The summed E-state index contributed by atoms with van der Waals surface area (Å²) in [6, 6.07) is 7.31. The molecule has 0 bridgehead atoms. The zero-order valence-corrected chi connectivity index (χ0v) is 16.1. The molecule has 0 amide bonds. The largest absolute Gasteiger partial charge is 0.493 e. The maximum Gasteiger partial charge on any atom is 0.343 e. The SMILES string of the molecule is COC(=O)COc1ccc(CN2CC(N3CCCC[C@@H]3C)C2)cc1OC. The van der Waals surface area contributed by atoms with E-state index < -0.39 is 5.97 Å². The first kappa shape index (κ1) is 19.0. The number of nitrogens with zero attached hydrogens (tertiary/aromatic N) is 2. The van der Waals surface area contributed by atoms with Gasteiger partial charge in [-0.25, -0.2) is 4.79 Å². The summed E-state index contributed by atoms with van der Waals surface area (Å²) in [5.74, 6) is 0.799. The molecule has 0 radical (unpaired) electrons. The van der Waals surface area contributed by atoms with Crippen LogP contribution in [0.25, 0.3) is 0 Å². The lowest BCUT2D eigenvalue weighted by Gasteiger charge is -2.49. The Bertz CT molecular complexity index is 616. The lowest BCUT2D eigenvalue weighted by molar-refractivity contribution is -0.142. The average molecular weight is 362 g/mol. The van der Waals surface area contributed by atoms with E-state index in [1.165, 1.54) is 38.5 Å². The van der Waals surface area contributed by atoms with Crippen LogP contribution in [0.4, 0.5) is 0 Å².